The van der Waals surface area contributed by atoms with Crippen molar-refractivity contribution in [1.29, 1.82) is 0 Å². The number of imide groups is 1. The van der Waals surface area contributed by atoms with Gasteiger partial charge in [0.1, 0.15) is 0 Å². The molecule has 0 unspecified atom stereocenters. The average molecular weight is 299 g/mol. The van der Waals surface area contributed by atoms with Crippen molar-refractivity contribution in [2.45, 2.75) is 26.8 Å². The maximum Gasteiger partial charge on any atom is 0.327 e. The molecule has 0 saturated carbocycles. The summed E-state index contributed by atoms with van der Waals surface area (Å²) in [6.45, 7) is 6.31. The van der Waals surface area contributed by atoms with E-state index in [4.69, 9.17) is 0 Å². The second-order valence-electron chi connectivity index (χ2n) is 5.02. The van der Waals surface area contributed by atoms with Gasteiger partial charge >= 0.3 is 11.9 Å². The van der Waals surface area contributed by atoms with Crippen LogP contribution in [0.5, 0.6) is 0 Å². The summed E-state index contributed by atoms with van der Waals surface area (Å²) in [4.78, 5) is 48.4. The molecule has 1 heterocycles. The molecule has 8 nitrogen and oxygen atoms in total. The molecule has 21 heavy (non-hydrogen) atoms. The number of carbonyl (C=O) groups is 4. The van der Waals surface area contributed by atoms with Crippen LogP contribution in [0.4, 0.5) is 0 Å². The highest BCUT2D eigenvalue weighted by molar-refractivity contribution is 5.99. The van der Waals surface area contributed by atoms with Gasteiger partial charge in [-0.1, -0.05) is 6.92 Å². The van der Waals surface area contributed by atoms with Crippen LogP contribution in [-0.2, 0) is 23.9 Å². The van der Waals surface area contributed by atoms with E-state index < -0.39 is 11.9 Å². The number of hydrogen-bond donors (Lipinski definition) is 1. The minimum atomic E-state index is -0.637. The molecule has 1 aliphatic heterocycles. The first kappa shape index (κ1) is 17.3. The third-order valence-corrected chi connectivity index (χ3v) is 3.15. The minimum absolute atomic E-state index is 0.00870. The number of rotatable bonds is 6. The molecule has 0 aliphatic carbocycles. The Bertz CT molecular complexity index is 422. The Morgan fingerprint density at radius 2 is 1.90 bits per heavy atom. The van der Waals surface area contributed by atoms with Crippen molar-refractivity contribution in [2.75, 3.05) is 32.7 Å². The third kappa shape index (κ3) is 6.01. The summed E-state index contributed by atoms with van der Waals surface area (Å²) < 4.78 is 4.51. The number of amides is 2. The van der Waals surface area contributed by atoms with Crippen molar-refractivity contribution in [1.82, 2.24) is 15.1 Å². The molecule has 2 amide bonds. The number of nitrogens with one attached hydrogen (secondary N) is 1. The summed E-state index contributed by atoms with van der Waals surface area (Å²) in [6, 6.07) is -0.0618. The molecule has 1 saturated heterocycles. The Morgan fingerprint density at radius 1 is 1.33 bits per heavy atom. The van der Waals surface area contributed by atoms with Crippen LogP contribution < -0.4 is 5.32 Å². The molecule has 0 aromatic carbocycles. The van der Waals surface area contributed by atoms with Crippen molar-refractivity contribution in [3.8, 4) is 0 Å². The highest BCUT2D eigenvalue weighted by Crippen LogP contribution is 2.04. The van der Waals surface area contributed by atoms with E-state index in [2.05, 4.69) is 10.1 Å². The summed E-state index contributed by atoms with van der Waals surface area (Å²) in [7, 11) is 0. The first-order valence-corrected chi connectivity index (χ1v) is 6.82. The third-order valence-electron chi connectivity index (χ3n) is 3.15. The normalized spacial score (nSPS) is 17.5. The van der Waals surface area contributed by atoms with E-state index in [9.17, 15) is 19.2 Å². The molecular weight excluding hydrogens is 278 g/mol. The molecule has 1 aliphatic rings. The number of ether oxygens (including phenoxy) is 1. The van der Waals surface area contributed by atoms with E-state index in [0.717, 1.165) is 0 Å². The lowest BCUT2D eigenvalue weighted by Gasteiger charge is -2.33. The summed E-state index contributed by atoms with van der Waals surface area (Å²) >= 11 is 0. The van der Waals surface area contributed by atoms with E-state index in [1.165, 1.54) is 6.92 Å². The van der Waals surface area contributed by atoms with Crippen LogP contribution >= 0.6 is 0 Å². The Morgan fingerprint density at radius 3 is 2.38 bits per heavy atom. The molecule has 0 bridgehead atoms. The van der Waals surface area contributed by atoms with Gasteiger partial charge in [-0.3, -0.25) is 34.3 Å². The molecule has 1 rings (SSSR count). The number of piperazine rings is 1. The number of esters is 2. The second-order valence-corrected chi connectivity index (χ2v) is 5.02. The van der Waals surface area contributed by atoms with Gasteiger partial charge in [0.15, 0.2) is 0 Å². The first-order chi connectivity index (χ1) is 9.81. The Hall–Kier alpha value is -1.80. The smallest absolute Gasteiger partial charge is 0.327 e. The van der Waals surface area contributed by atoms with Crippen LogP contribution in [0.1, 0.15) is 20.8 Å². The van der Waals surface area contributed by atoms with Gasteiger partial charge in [-0.2, -0.15) is 0 Å². The van der Waals surface area contributed by atoms with Gasteiger partial charge in [0.05, 0.1) is 19.6 Å². The van der Waals surface area contributed by atoms with E-state index in [1.54, 1.807) is 4.90 Å². The van der Waals surface area contributed by atoms with Gasteiger partial charge in [-0.05, 0) is 13.5 Å². The van der Waals surface area contributed by atoms with Gasteiger partial charge < -0.3 is 4.74 Å². The highest BCUT2D eigenvalue weighted by atomic mass is 16.6. The number of carbonyl (C=O) groups excluding carboxylic acids is 4. The van der Waals surface area contributed by atoms with Crippen LogP contribution in [0.25, 0.3) is 0 Å². The predicted octanol–water partition coefficient (Wildman–Crippen LogP) is -1.26. The fourth-order valence-electron chi connectivity index (χ4n) is 2.25. The van der Waals surface area contributed by atoms with E-state index in [-0.39, 0.29) is 37.5 Å². The maximum absolute atomic E-state index is 11.5. The molecule has 0 aromatic rings. The Labute approximate surface area is 123 Å². The van der Waals surface area contributed by atoms with Crippen molar-refractivity contribution < 1.29 is 23.9 Å². The van der Waals surface area contributed by atoms with E-state index >= 15 is 0 Å². The molecule has 118 valence electrons. The SMILES string of the molecule is CCN(CC(=O)OC(C)=O)[C@@H](C)CN1CC(=O)NC(=O)C1. The molecular formula is C13H21N3O5. The first-order valence-electron chi connectivity index (χ1n) is 6.82. The number of likely N-dealkylation sites (N-methyl/N-ethyl adjacent to an activating group) is 1. The zero-order valence-electron chi connectivity index (χ0n) is 12.5. The lowest BCUT2D eigenvalue weighted by atomic mass is 10.2. The molecule has 8 heteroatoms. The second kappa shape index (κ2) is 7.84. The summed E-state index contributed by atoms with van der Waals surface area (Å²) in [5, 5.41) is 2.23. The molecule has 0 aromatic heterocycles. The Kier molecular flexibility index (Phi) is 6.44. The largest absolute Gasteiger partial charge is 0.392 e. The maximum atomic E-state index is 11.5. The van der Waals surface area contributed by atoms with Gasteiger partial charge in [0.25, 0.3) is 0 Å². The number of nitrogens with zero attached hydrogens (tertiary/aromatic N) is 2. The lowest BCUT2D eigenvalue weighted by Crippen LogP contribution is -2.55. The van der Waals surface area contributed by atoms with E-state index in [0.29, 0.717) is 13.1 Å². The average Bonchev–Trinajstić information content (AvgIpc) is 2.33. The molecule has 1 N–H and O–H groups in total. The minimum Gasteiger partial charge on any atom is -0.392 e. The Balaban J connectivity index is 2.52. The quantitative estimate of drug-likeness (QED) is 0.372. The van der Waals surface area contributed by atoms with Crippen molar-refractivity contribution in [3.05, 3.63) is 0 Å². The van der Waals surface area contributed by atoms with Crippen LogP contribution in [0, 0.1) is 0 Å². The van der Waals surface area contributed by atoms with Crippen LogP contribution in [-0.4, -0.2) is 72.3 Å². The van der Waals surface area contributed by atoms with Gasteiger partial charge in [0, 0.05) is 19.5 Å². The van der Waals surface area contributed by atoms with Gasteiger partial charge in [-0.25, -0.2) is 0 Å². The molecule has 0 spiro atoms. The van der Waals surface area contributed by atoms with Gasteiger partial charge in [-0.15, -0.1) is 0 Å². The number of hydrogen-bond acceptors (Lipinski definition) is 7. The highest BCUT2D eigenvalue weighted by Gasteiger charge is 2.26. The van der Waals surface area contributed by atoms with Crippen molar-refractivity contribution in [2.24, 2.45) is 0 Å². The lowest BCUT2D eigenvalue weighted by molar-refractivity contribution is -0.159. The van der Waals surface area contributed by atoms with Crippen LogP contribution in [0.2, 0.25) is 0 Å². The predicted molar refractivity (Wildman–Crippen MR) is 73.1 cm³/mol. The molecule has 1 atom stereocenters. The molecule has 0 radical (unpaired) electrons. The fourth-order valence-corrected chi connectivity index (χ4v) is 2.25. The van der Waals surface area contributed by atoms with Crippen LogP contribution in [0.3, 0.4) is 0 Å². The molecule has 1 fully saturated rings. The van der Waals surface area contributed by atoms with Gasteiger partial charge in [0.2, 0.25) is 11.8 Å². The summed E-state index contributed by atoms with van der Waals surface area (Å²) in [5.74, 6) is -1.89. The fraction of sp³-hybridized carbons (Fsp3) is 0.692. The zero-order valence-corrected chi connectivity index (χ0v) is 12.5. The van der Waals surface area contributed by atoms with Crippen molar-refractivity contribution >= 4 is 23.8 Å². The van der Waals surface area contributed by atoms with E-state index in [1.807, 2.05) is 18.7 Å². The summed E-state index contributed by atoms with van der Waals surface area (Å²) in [5.41, 5.74) is 0. The summed E-state index contributed by atoms with van der Waals surface area (Å²) in [6.07, 6.45) is 0. The van der Waals surface area contributed by atoms with Crippen molar-refractivity contribution in [3.63, 3.8) is 0 Å². The van der Waals surface area contributed by atoms with Crippen LogP contribution in [0.15, 0.2) is 0 Å². The topological polar surface area (TPSA) is 96.0 Å². The standard InChI is InChI=1S/C13H21N3O5/c1-4-16(8-13(20)21-10(3)17)9(2)5-15-6-11(18)14-12(19)7-15/h9H,4-8H2,1-3H3,(H,14,18,19)/t9-/m0/s1. The zero-order chi connectivity index (χ0) is 16.0. The monoisotopic (exact) mass is 299 g/mol.